The zero-order valence-corrected chi connectivity index (χ0v) is 17.5. The van der Waals surface area contributed by atoms with E-state index in [9.17, 15) is 13.2 Å². The molecule has 0 radical (unpaired) electrons. The van der Waals surface area contributed by atoms with E-state index in [2.05, 4.69) is 26.1 Å². The molecule has 0 unspecified atom stereocenters. The predicted molar refractivity (Wildman–Crippen MR) is 106 cm³/mol. The Labute approximate surface area is 160 Å². The van der Waals surface area contributed by atoms with Crippen LogP contribution in [0.4, 0.5) is 0 Å². The topological polar surface area (TPSA) is 75.7 Å². The van der Waals surface area contributed by atoms with E-state index >= 15 is 0 Å². The van der Waals surface area contributed by atoms with Crippen LogP contribution < -0.4 is 10.1 Å². The van der Waals surface area contributed by atoms with Crippen LogP contribution in [0.5, 0.6) is 5.75 Å². The van der Waals surface area contributed by atoms with Gasteiger partial charge in [0, 0.05) is 30.1 Å². The number of methoxy groups -OCH3 is 1. The van der Waals surface area contributed by atoms with E-state index in [-0.39, 0.29) is 21.1 Å². The van der Waals surface area contributed by atoms with Crippen molar-refractivity contribution in [3.05, 3.63) is 23.8 Å². The van der Waals surface area contributed by atoms with Crippen LogP contribution in [-0.4, -0.2) is 55.9 Å². The van der Waals surface area contributed by atoms with Crippen molar-refractivity contribution in [2.75, 3.05) is 32.5 Å². The zero-order chi connectivity index (χ0) is 19.4. The van der Waals surface area contributed by atoms with Crippen molar-refractivity contribution in [3.63, 3.8) is 0 Å². The molecular formula is C18H28N2O4S2. The van der Waals surface area contributed by atoms with Gasteiger partial charge in [-0.2, -0.15) is 16.1 Å². The number of hydrogen-bond acceptors (Lipinski definition) is 5. The number of amides is 1. The van der Waals surface area contributed by atoms with E-state index in [4.69, 9.17) is 4.74 Å². The van der Waals surface area contributed by atoms with Gasteiger partial charge in [-0.15, -0.1) is 0 Å². The number of carbonyl (C=O) groups is 1. The first kappa shape index (κ1) is 21.1. The van der Waals surface area contributed by atoms with Gasteiger partial charge in [0.05, 0.1) is 17.6 Å². The van der Waals surface area contributed by atoms with Crippen LogP contribution in [0.3, 0.4) is 0 Å². The van der Waals surface area contributed by atoms with Gasteiger partial charge < -0.3 is 10.1 Å². The minimum absolute atomic E-state index is 0.131. The molecule has 1 saturated heterocycles. The Kier molecular flexibility index (Phi) is 6.99. The molecule has 0 spiro atoms. The number of benzene rings is 1. The molecule has 2 rings (SSSR count). The van der Waals surface area contributed by atoms with Gasteiger partial charge >= 0.3 is 0 Å². The van der Waals surface area contributed by atoms with Gasteiger partial charge in [-0.25, -0.2) is 8.42 Å². The van der Waals surface area contributed by atoms with Crippen molar-refractivity contribution in [1.29, 1.82) is 0 Å². The Balaban J connectivity index is 2.15. The van der Waals surface area contributed by atoms with Crippen LogP contribution in [-0.2, 0) is 10.0 Å². The van der Waals surface area contributed by atoms with Crippen molar-refractivity contribution in [2.24, 2.45) is 0 Å². The number of nitrogens with one attached hydrogen (secondary N) is 1. The molecule has 1 fully saturated rings. The van der Waals surface area contributed by atoms with Gasteiger partial charge in [-0.3, -0.25) is 4.79 Å². The fraction of sp³-hybridized carbons (Fsp3) is 0.611. The summed E-state index contributed by atoms with van der Waals surface area (Å²) in [7, 11) is -2.10. The quantitative estimate of drug-likeness (QED) is 0.712. The SMILES string of the molecule is COc1ccc(S(=O)(=O)N2CCCC2)cc1C(=O)NCCSC(C)(C)C. The molecule has 1 aromatic carbocycles. The number of nitrogens with zero attached hydrogens (tertiary/aromatic N) is 1. The van der Waals surface area contributed by atoms with Crippen LogP contribution >= 0.6 is 11.8 Å². The molecule has 1 aliphatic rings. The molecule has 146 valence electrons. The summed E-state index contributed by atoms with van der Waals surface area (Å²) >= 11 is 1.76. The van der Waals surface area contributed by atoms with Crippen molar-refractivity contribution in [3.8, 4) is 5.75 Å². The largest absolute Gasteiger partial charge is 0.496 e. The molecule has 8 heteroatoms. The number of hydrogen-bond donors (Lipinski definition) is 1. The van der Waals surface area contributed by atoms with Gasteiger partial charge in [-0.05, 0) is 31.0 Å². The fourth-order valence-corrected chi connectivity index (χ4v) is 5.08. The van der Waals surface area contributed by atoms with Crippen molar-refractivity contribution >= 4 is 27.7 Å². The Morgan fingerprint density at radius 2 is 1.92 bits per heavy atom. The lowest BCUT2D eigenvalue weighted by Crippen LogP contribution is -2.29. The Morgan fingerprint density at radius 1 is 1.27 bits per heavy atom. The summed E-state index contributed by atoms with van der Waals surface area (Å²) in [6.07, 6.45) is 1.74. The zero-order valence-electron chi connectivity index (χ0n) is 15.9. The molecule has 1 amide bonds. The highest BCUT2D eigenvalue weighted by Gasteiger charge is 2.28. The van der Waals surface area contributed by atoms with E-state index in [0.29, 0.717) is 25.4 Å². The second-order valence-electron chi connectivity index (χ2n) is 7.19. The van der Waals surface area contributed by atoms with Gasteiger partial charge in [0.15, 0.2) is 0 Å². The first-order chi connectivity index (χ1) is 12.1. The summed E-state index contributed by atoms with van der Waals surface area (Å²) in [5.41, 5.74) is 0.244. The molecule has 0 aliphatic carbocycles. The minimum atomic E-state index is -3.57. The van der Waals surface area contributed by atoms with Gasteiger partial charge in [-0.1, -0.05) is 20.8 Å². The first-order valence-electron chi connectivity index (χ1n) is 8.75. The maximum absolute atomic E-state index is 12.7. The van der Waals surface area contributed by atoms with Crippen LogP contribution in [0.2, 0.25) is 0 Å². The summed E-state index contributed by atoms with van der Waals surface area (Å²) in [5, 5.41) is 2.85. The third kappa shape index (κ3) is 5.37. The van der Waals surface area contributed by atoms with Crippen LogP contribution in [0.15, 0.2) is 23.1 Å². The number of ether oxygens (including phenoxy) is 1. The lowest BCUT2D eigenvalue weighted by molar-refractivity contribution is 0.0953. The average molecular weight is 401 g/mol. The Hall–Kier alpha value is -1.25. The maximum atomic E-state index is 12.7. The molecule has 0 atom stereocenters. The van der Waals surface area contributed by atoms with Crippen molar-refractivity contribution in [1.82, 2.24) is 9.62 Å². The highest BCUT2D eigenvalue weighted by atomic mass is 32.2. The predicted octanol–water partition coefficient (Wildman–Crippen LogP) is 2.74. The fourth-order valence-electron chi connectivity index (χ4n) is 2.72. The highest BCUT2D eigenvalue weighted by molar-refractivity contribution is 8.00. The first-order valence-corrected chi connectivity index (χ1v) is 11.2. The summed E-state index contributed by atoms with van der Waals surface area (Å²) in [4.78, 5) is 12.7. The van der Waals surface area contributed by atoms with Crippen LogP contribution in [0, 0.1) is 0 Å². The van der Waals surface area contributed by atoms with Crippen LogP contribution in [0.25, 0.3) is 0 Å². The Bertz CT molecular complexity index is 736. The number of carbonyl (C=O) groups excluding carboxylic acids is 1. The van der Waals surface area contributed by atoms with E-state index < -0.39 is 10.0 Å². The molecule has 1 aromatic rings. The molecule has 0 bridgehead atoms. The second kappa shape index (κ2) is 8.63. The molecular weight excluding hydrogens is 372 g/mol. The monoisotopic (exact) mass is 400 g/mol. The van der Waals surface area contributed by atoms with Crippen molar-refractivity contribution in [2.45, 2.75) is 43.3 Å². The average Bonchev–Trinajstić information content (AvgIpc) is 3.12. The third-order valence-electron chi connectivity index (χ3n) is 4.04. The summed E-state index contributed by atoms with van der Waals surface area (Å²) in [5.74, 6) is 0.824. The number of thioether (sulfide) groups is 1. The third-order valence-corrected chi connectivity index (χ3v) is 7.21. The molecule has 0 aromatic heterocycles. The number of rotatable bonds is 7. The van der Waals surface area contributed by atoms with Gasteiger partial charge in [0.1, 0.15) is 5.75 Å². The minimum Gasteiger partial charge on any atom is -0.496 e. The normalized spacial score (nSPS) is 15.8. The van der Waals surface area contributed by atoms with Gasteiger partial charge in [0.25, 0.3) is 5.91 Å². The molecule has 0 saturated carbocycles. The smallest absolute Gasteiger partial charge is 0.255 e. The van der Waals surface area contributed by atoms with Gasteiger partial charge in [0.2, 0.25) is 10.0 Å². The lowest BCUT2D eigenvalue weighted by Gasteiger charge is -2.18. The van der Waals surface area contributed by atoms with E-state index in [1.165, 1.54) is 23.5 Å². The van der Waals surface area contributed by atoms with Crippen LogP contribution in [0.1, 0.15) is 44.0 Å². The van der Waals surface area contributed by atoms with E-state index in [0.717, 1.165) is 18.6 Å². The van der Waals surface area contributed by atoms with E-state index in [1.54, 1.807) is 17.8 Å². The highest BCUT2D eigenvalue weighted by Crippen LogP contribution is 2.27. The van der Waals surface area contributed by atoms with E-state index in [1.807, 2.05) is 0 Å². The summed E-state index contributed by atoms with van der Waals surface area (Å²) in [6.45, 7) is 7.92. The number of sulfonamides is 1. The summed E-state index contributed by atoms with van der Waals surface area (Å²) < 4.78 is 32.3. The molecule has 1 aliphatic heterocycles. The Morgan fingerprint density at radius 3 is 2.50 bits per heavy atom. The standard InChI is InChI=1S/C18H28N2O4S2/c1-18(2,3)25-12-9-19-17(21)15-13-14(7-8-16(15)24-4)26(22,23)20-10-5-6-11-20/h7-8,13H,5-6,9-12H2,1-4H3,(H,19,21). The lowest BCUT2D eigenvalue weighted by atomic mass is 10.2. The molecule has 26 heavy (non-hydrogen) atoms. The maximum Gasteiger partial charge on any atom is 0.255 e. The second-order valence-corrected chi connectivity index (χ2v) is 11.0. The van der Waals surface area contributed by atoms with Crippen molar-refractivity contribution < 1.29 is 17.9 Å². The molecule has 1 heterocycles. The summed E-state index contributed by atoms with van der Waals surface area (Å²) in [6, 6.07) is 4.46. The molecule has 6 nitrogen and oxygen atoms in total. The molecule has 1 N–H and O–H groups in total.